The van der Waals surface area contributed by atoms with Crippen molar-refractivity contribution in [2.45, 2.75) is 6.92 Å². The highest BCUT2D eigenvalue weighted by molar-refractivity contribution is 7.33. The van der Waals surface area contributed by atoms with E-state index in [1.54, 1.807) is 5.80 Å². The fraction of sp³-hybridized carbons (Fsp3) is 0.750. The molecule has 0 saturated carbocycles. The Morgan fingerprint density at radius 1 is 1.86 bits per heavy atom. The minimum absolute atomic E-state index is 0.0988. The summed E-state index contributed by atoms with van der Waals surface area (Å²) in [7, 11) is 0.768. The van der Waals surface area contributed by atoms with Gasteiger partial charge in [0.2, 0.25) is 0 Å². The molecule has 0 bridgehead atoms. The highest BCUT2D eigenvalue weighted by Crippen LogP contribution is 1.92. The summed E-state index contributed by atoms with van der Waals surface area (Å²) < 4.78 is 4.83. The second-order valence-corrected chi connectivity index (χ2v) is 1.72. The molecule has 0 aliphatic carbocycles. The van der Waals surface area contributed by atoms with Gasteiger partial charge in [0.15, 0.2) is 0 Å². The molecule has 0 rings (SSSR count). The zero-order chi connectivity index (χ0) is 5.54. The first-order valence-corrected chi connectivity index (χ1v) is 3.04. The van der Waals surface area contributed by atoms with E-state index in [1.165, 1.54) is 0 Å². The van der Waals surface area contributed by atoms with Gasteiger partial charge >= 0.3 is 0 Å². The third-order valence-electron chi connectivity index (χ3n) is 0.360. The van der Waals surface area contributed by atoms with Gasteiger partial charge in [0.05, 0.1) is 21.6 Å². The summed E-state index contributed by atoms with van der Waals surface area (Å²) in [6, 6.07) is 0. The zero-order valence-corrected chi connectivity index (χ0v) is 5.19. The van der Waals surface area contributed by atoms with Gasteiger partial charge in [-0.15, -0.1) is 0 Å². The van der Waals surface area contributed by atoms with Gasteiger partial charge in [-0.25, -0.2) is 0 Å². The summed E-state index contributed by atoms with van der Waals surface area (Å²) in [6.45, 7) is 2.72. The van der Waals surface area contributed by atoms with E-state index in [0.29, 0.717) is 6.61 Å². The van der Waals surface area contributed by atoms with Crippen LogP contribution in [0.3, 0.4) is 0 Å². The van der Waals surface area contributed by atoms with Gasteiger partial charge in [0.25, 0.3) is 0 Å². The Hall–Kier alpha value is 0.0900. The molecular weight excluding hydrogens is 111 g/mol. The molecule has 0 aromatic rings. The molecule has 0 spiro atoms. The van der Waals surface area contributed by atoms with Crippen molar-refractivity contribution in [3.05, 3.63) is 0 Å². The maximum Gasteiger partial charge on any atom is 0.0676 e. The molecule has 0 fully saturated rings. The van der Waals surface area contributed by atoms with Crippen molar-refractivity contribution < 1.29 is 9.63 Å². The lowest BCUT2D eigenvalue weighted by molar-refractivity contribution is 0.362. The van der Waals surface area contributed by atoms with Crippen molar-refractivity contribution in [2.75, 3.05) is 13.2 Å². The van der Waals surface area contributed by atoms with Gasteiger partial charge in [0, 0.05) is 0 Å². The van der Waals surface area contributed by atoms with Crippen molar-refractivity contribution in [3.8, 4) is 0 Å². The highest BCUT2D eigenvalue weighted by Gasteiger charge is 1.67. The maximum atomic E-state index is 8.15. The Labute approximate surface area is 45.0 Å². The Balaban J connectivity index is 2.78. The van der Waals surface area contributed by atoms with E-state index in [4.69, 9.17) is 9.63 Å². The Morgan fingerprint density at radius 3 is 3.00 bits per heavy atom. The van der Waals surface area contributed by atoms with E-state index < -0.39 is 0 Å². The minimum atomic E-state index is 0.0988. The molecule has 0 unspecified atom stereocenters. The van der Waals surface area contributed by atoms with Crippen molar-refractivity contribution in [3.63, 3.8) is 0 Å². The molecule has 0 heterocycles. The predicted molar refractivity (Wildman–Crippen MR) is 31.7 cm³/mol. The number of aliphatic hydroxyl groups is 1. The fourth-order valence-corrected chi connectivity index (χ4v) is 0.482. The molecule has 7 heavy (non-hydrogen) atoms. The van der Waals surface area contributed by atoms with Crippen LogP contribution in [0, 0.1) is 0 Å². The number of aliphatic hydroxyl groups excluding tert-OH is 1. The fourth-order valence-electron chi connectivity index (χ4n) is 0.161. The van der Waals surface area contributed by atoms with E-state index in [1.807, 2.05) is 6.92 Å². The van der Waals surface area contributed by atoms with Crippen LogP contribution in [0.1, 0.15) is 6.92 Å². The Bertz CT molecular complexity index is 53.7. The first kappa shape index (κ1) is 7.09. The molecule has 0 aliphatic heterocycles. The lowest BCUT2D eigenvalue weighted by Gasteiger charge is -1.82. The van der Waals surface area contributed by atoms with Crippen molar-refractivity contribution >= 4 is 14.2 Å². The van der Waals surface area contributed by atoms with Crippen LogP contribution in [0.4, 0.5) is 0 Å². The lowest BCUT2D eigenvalue weighted by Crippen LogP contribution is -1.77. The molecule has 0 amide bonds. The molecular formula is C4H9O2P. The quantitative estimate of drug-likeness (QED) is 0.555. The maximum absolute atomic E-state index is 8.15. The van der Waals surface area contributed by atoms with Crippen LogP contribution in [-0.2, 0) is 4.52 Å². The highest BCUT2D eigenvalue weighted by atomic mass is 31.1. The summed E-state index contributed by atoms with van der Waals surface area (Å²) in [5, 5.41) is 8.15. The largest absolute Gasteiger partial charge is 0.392 e. The number of rotatable bonds is 3. The second-order valence-electron chi connectivity index (χ2n) is 0.888. The zero-order valence-electron chi connectivity index (χ0n) is 4.29. The summed E-state index contributed by atoms with van der Waals surface area (Å²) in [6.07, 6.45) is 0. The molecule has 1 N–H and O–H groups in total. The topological polar surface area (TPSA) is 29.5 Å². The van der Waals surface area contributed by atoms with Crippen LogP contribution in [0.2, 0.25) is 0 Å². The van der Waals surface area contributed by atoms with Crippen LogP contribution >= 0.6 is 8.43 Å². The van der Waals surface area contributed by atoms with Gasteiger partial charge in [0.1, 0.15) is 0 Å². The first-order valence-electron chi connectivity index (χ1n) is 2.16. The van der Waals surface area contributed by atoms with Crippen LogP contribution in [-0.4, -0.2) is 24.1 Å². The molecule has 0 atom stereocenters. The van der Waals surface area contributed by atoms with E-state index in [9.17, 15) is 0 Å². The van der Waals surface area contributed by atoms with E-state index in [2.05, 4.69) is 0 Å². The third-order valence-corrected chi connectivity index (χ3v) is 1.08. The molecule has 42 valence electrons. The summed E-state index contributed by atoms with van der Waals surface area (Å²) in [4.78, 5) is 0. The monoisotopic (exact) mass is 120 g/mol. The molecule has 3 heteroatoms. The average Bonchev–Trinajstić information content (AvgIpc) is 1.69. The minimum Gasteiger partial charge on any atom is -0.392 e. The normalized spacial score (nSPS) is 10.6. The standard InChI is InChI=1S/C4H9O2P/c1-2-6-7-4-3-5/h4-5H,2-3H2,1H3. The average molecular weight is 120 g/mol. The van der Waals surface area contributed by atoms with Crippen LogP contribution in [0.5, 0.6) is 0 Å². The summed E-state index contributed by atoms with van der Waals surface area (Å²) in [5.41, 5.74) is 0. The summed E-state index contributed by atoms with van der Waals surface area (Å²) in [5.74, 6) is 1.64. The molecule has 0 aromatic carbocycles. The van der Waals surface area contributed by atoms with Crippen molar-refractivity contribution in [1.82, 2.24) is 0 Å². The van der Waals surface area contributed by atoms with Gasteiger partial charge in [-0.05, 0) is 12.7 Å². The Morgan fingerprint density at radius 2 is 2.57 bits per heavy atom. The van der Waals surface area contributed by atoms with Crippen molar-refractivity contribution in [2.24, 2.45) is 0 Å². The van der Waals surface area contributed by atoms with E-state index in [-0.39, 0.29) is 6.61 Å². The van der Waals surface area contributed by atoms with E-state index >= 15 is 0 Å². The van der Waals surface area contributed by atoms with Crippen LogP contribution in [0.25, 0.3) is 0 Å². The second kappa shape index (κ2) is 6.09. The molecule has 0 radical (unpaired) electrons. The Kier molecular flexibility index (Phi) is 6.17. The van der Waals surface area contributed by atoms with Crippen molar-refractivity contribution in [1.29, 1.82) is 0 Å². The summed E-state index contributed by atoms with van der Waals surface area (Å²) >= 11 is 0. The van der Waals surface area contributed by atoms with Crippen LogP contribution < -0.4 is 0 Å². The van der Waals surface area contributed by atoms with E-state index in [0.717, 1.165) is 8.43 Å². The smallest absolute Gasteiger partial charge is 0.0676 e. The molecule has 2 nitrogen and oxygen atoms in total. The number of hydrogen-bond acceptors (Lipinski definition) is 2. The lowest BCUT2D eigenvalue weighted by atomic mass is 10.9. The first-order chi connectivity index (χ1) is 3.41. The molecule has 0 aromatic heterocycles. The molecule has 0 saturated heterocycles. The van der Waals surface area contributed by atoms with Gasteiger partial charge in [-0.3, -0.25) is 0 Å². The predicted octanol–water partition coefficient (Wildman–Crippen LogP) is 0.679. The van der Waals surface area contributed by atoms with Gasteiger partial charge in [-0.1, -0.05) is 0 Å². The van der Waals surface area contributed by atoms with Crippen LogP contribution in [0.15, 0.2) is 0 Å². The van der Waals surface area contributed by atoms with Gasteiger partial charge in [-0.2, -0.15) is 0 Å². The number of hydrogen-bond donors (Lipinski definition) is 1. The third kappa shape index (κ3) is 6.09. The molecule has 0 aliphatic rings. The van der Waals surface area contributed by atoms with Gasteiger partial charge < -0.3 is 9.63 Å². The SMILES string of the molecule is CCOP=CCO.